The molecule has 29 heavy (non-hydrogen) atoms. The van der Waals surface area contributed by atoms with Crippen LogP contribution in [0.4, 0.5) is 20.6 Å². The lowest BCUT2D eigenvalue weighted by molar-refractivity contribution is -0.118. The Morgan fingerprint density at radius 3 is 2.52 bits per heavy atom. The van der Waals surface area contributed by atoms with E-state index >= 15 is 0 Å². The van der Waals surface area contributed by atoms with Gasteiger partial charge in [0.15, 0.2) is 6.61 Å². The Morgan fingerprint density at radius 2 is 1.76 bits per heavy atom. The highest BCUT2D eigenvalue weighted by atomic mass is 19.1. The molecule has 2 aromatic carbocycles. The number of carbonyl (C=O) groups is 2. The van der Waals surface area contributed by atoms with E-state index in [4.69, 9.17) is 9.47 Å². The highest BCUT2D eigenvalue weighted by Crippen LogP contribution is 2.26. The van der Waals surface area contributed by atoms with Gasteiger partial charge in [0.25, 0.3) is 5.91 Å². The lowest BCUT2D eigenvalue weighted by Gasteiger charge is -2.20. The number of hydrogen-bond donors (Lipinski definition) is 2. The molecule has 0 bridgehead atoms. The third kappa shape index (κ3) is 5.94. The molecule has 0 atom stereocenters. The number of ether oxygens (including phenoxy) is 2. The molecule has 0 heterocycles. The fourth-order valence-electron chi connectivity index (χ4n) is 3.12. The van der Waals surface area contributed by atoms with E-state index in [1.54, 1.807) is 20.8 Å². The van der Waals surface area contributed by atoms with Crippen LogP contribution in [0.15, 0.2) is 36.4 Å². The summed E-state index contributed by atoms with van der Waals surface area (Å²) in [6.45, 7) is 4.96. The standard InChI is InChI=1S/C22H25FN2O4/c1-22(2,3)29-21(27)25-18-10-8-16(23)12-19(18)24-20(26)13-28-17-9-7-14-5-4-6-15(14)11-17/h7-12H,4-6,13H2,1-3H3,(H,24,26)(H,25,27). The van der Waals surface area contributed by atoms with Gasteiger partial charge < -0.3 is 14.8 Å². The third-order valence-electron chi connectivity index (χ3n) is 4.33. The van der Waals surface area contributed by atoms with Crippen LogP contribution in [0.1, 0.15) is 38.3 Å². The van der Waals surface area contributed by atoms with E-state index in [9.17, 15) is 14.0 Å². The van der Waals surface area contributed by atoms with E-state index in [0.29, 0.717) is 5.75 Å². The smallest absolute Gasteiger partial charge is 0.412 e. The Morgan fingerprint density at radius 1 is 1.00 bits per heavy atom. The van der Waals surface area contributed by atoms with Gasteiger partial charge in [-0.3, -0.25) is 10.1 Å². The molecule has 2 N–H and O–H groups in total. The topological polar surface area (TPSA) is 76.7 Å². The van der Waals surface area contributed by atoms with Crippen molar-refractivity contribution in [3.05, 3.63) is 53.3 Å². The summed E-state index contributed by atoms with van der Waals surface area (Å²) in [5, 5.41) is 5.09. The minimum atomic E-state index is -0.700. The monoisotopic (exact) mass is 400 g/mol. The molecule has 0 aromatic heterocycles. The van der Waals surface area contributed by atoms with E-state index in [-0.39, 0.29) is 18.0 Å². The summed E-state index contributed by atoms with van der Waals surface area (Å²) < 4.78 is 24.4. The van der Waals surface area contributed by atoms with Crippen molar-refractivity contribution >= 4 is 23.4 Å². The number of halogens is 1. The van der Waals surface area contributed by atoms with E-state index < -0.39 is 23.4 Å². The fraction of sp³-hybridized carbons (Fsp3) is 0.364. The Bertz CT molecular complexity index is 922. The maximum atomic E-state index is 13.7. The highest BCUT2D eigenvalue weighted by Gasteiger charge is 2.18. The maximum Gasteiger partial charge on any atom is 0.412 e. The van der Waals surface area contributed by atoms with E-state index in [2.05, 4.69) is 10.6 Å². The van der Waals surface area contributed by atoms with Gasteiger partial charge in [-0.05, 0) is 81.5 Å². The van der Waals surface area contributed by atoms with Crippen molar-refractivity contribution in [3.8, 4) is 5.75 Å². The van der Waals surface area contributed by atoms with Gasteiger partial charge in [0, 0.05) is 0 Å². The summed E-state index contributed by atoms with van der Waals surface area (Å²) >= 11 is 0. The van der Waals surface area contributed by atoms with Crippen molar-refractivity contribution in [1.29, 1.82) is 0 Å². The van der Waals surface area contributed by atoms with Crippen LogP contribution in [0.5, 0.6) is 5.75 Å². The molecule has 0 spiro atoms. The Labute approximate surface area is 169 Å². The predicted octanol–water partition coefficient (Wildman–Crippen LogP) is 4.68. The minimum absolute atomic E-state index is 0.124. The molecular formula is C22H25FN2O4. The summed E-state index contributed by atoms with van der Waals surface area (Å²) in [4.78, 5) is 24.3. The van der Waals surface area contributed by atoms with Gasteiger partial charge in [0.05, 0.1) is 11.4 Å². The molecule has 0 saturated carbocycles. The number of benzene rings is 2. The van der Waals surface area contributed by atoms with Gasteiger partial charge in [-0.15, -0.1) is 0 Å². The van der Waals surface area contributed by atoms with Gasteiger partial charge in [-0.1, -0.05) is 6.07 Å². The zero-order chi connectivity index (χ0) is 21.0. The number of carbonyl (C=O) groups excluding carboxylic acids is 2. The quantitative estimate of drug-likeness (QED) is 0.764. The number of nitrogens with one attached hydrogen (secondary N) is 2. The summed E-state index contributed by atoms with van der Waals surface area (Å²) in [6.07, 6.45) is 2.52. The summed E-state index contributed by atoms with van der Waals surface area (Å²) in [7, 11) is 0. The molecule has 2 aromatic rings. The molecule has 0 aliphatic heterocycles. The molecular weight excluding hydrogens is 375 g/mol. The summed E-state index contributed by atoms with van der Waals surface area (Å²) in [6, 6.07) is 9.48. The number of aryl methyl sites for hydroxylation is 2. The second kappa shape index (κ2) is 8.51. The van der Waals surface area contributed by atoms with E-state index in [0.717, 1.165) is 25.3 Å². The first-order valence-electron chi connectivity index (χ1n) is 9.54. The van der Waals surface area contributed by atoms with Crippen LogP contribution in [-0.4, -0.2) is 24.2 Å². The number of fused-ring (bicyclic) bond motifs is 1. The van der Waals surface area contributed by atoms with Crippen molar-refractivity contribution in [2.24, 2.45) is 0 Å². The van der Waals surface area contributed by atoms with Gasteiger partial charge in [-0.2, -0.15) is 0 Å². The average Bonchev–Trinajstić information content (AvgIpc) is 3.08. The third-order valence-corrected chi connectivity index (χ3v) is 4.33. The Balaban J connectivity index is 1.62. The Kier molecular flexibility index (Phi) is 6.06. The molecule has 7 heteroatoms. The molecule has 1 aliphatic rings. The molecule has 2 amide bonds. The second-order valence-corrected chi connectivity index (χ2v) is 7.94. The first-order chi connectivity index (χ1) is 13.7. The summed E-state index contributed by atoms with van der Waals surface area (Å²) in [5.41, 5.74) is 2.23. The lowest BCUT2D eigenvalue weighted by Crippen LogP contribution is -2.28. The molecule has 0 radical (unpaired) electrons. The van der Waals surface area contributed by atoms with Crippen molar-refractivity contribution in [1.82, 2.24) is 0 Å². The predicted molar refractivity (Wildman–Crippen MR) is 109 cm³/mol. The van der Waals surface area contributed by atoms with Crippen molar-refractivity contribution in [2.45, 2.75) is 45.6 Å². The average molecular weight is 400 g/mol. The molecule has 0 saturated heterocycles. The molecule has 6 nitrogen and oxygen atoms in total. The molecule has 0 unspecified atom stereocenters. The molecule has 1 aliphatic carbocycles. The van der Waals surface area contributed by atoms with Gasteiger partial charge in [-0.25, -0.2) is 9.18 Å². The van der Waals surface area contributed by atoms with Crippen LogP contribution >= 0.6 is 0 Å². The van der Waals surface area contributed by atoms with Crippen molar-refractivity contribution < 1.29 is 23.5 Å². The summed E-state index contributed by atoms with van der Waals surface area (Å²) in [5.74, 6) is -0.398. The van der Waals surface area contributed by atoms with E-state index in [1.807, 2.05) is 18.2 Å². The van der Waals surface area contributed by atoms with Crippen LogP contribution in [-0.2, 0) is 22.4 Å². The number of amides is 2. The lowest BCUT2D eigenvalue weighted by atomic mass is 10.1. The second-order valence-electron chi connectivity index (χ2n) is 7.94. The largest absolute Gasteiger partial charge is 0.484 e. The molecule has 3 rings (SSSR count). The minimum Gasteiger partial charge on any atom is -0.484 e. The van der Waals surface area contributed by atoms with E-state index in [1.165, 1.54) is 23.3 Å². The molecule has 154 valence electrons. The van der Waals surface area contributed by atoms with Crippen molar-refractivity contribution in [2.75, 3.05) is 17.2 Å². The number of rotatable bonds is 5. The van der Waals surface area contributed by atoms with Gasteiger partial charge in [0.1, 0.15) is 17.2 Å². The normalized spacial score (nSPS) is 12.8. The van der Waals surface area contributed by atoms with Crippen LogP contribution in [0.2, 0.25) is 0 Å². The fourth-order valence-corrected chi connectivity index (χ4v) is 3.12. The van der Waals surface area contributed by atoms with Crippen LogP contribution in [0, 0.1) is 5.82 Å². The maximum absolute atomic E-state index is 13.7. The highest BCUT2D eigenvalue weighted by molar-refractivity contribution is 5.98. The van der Waals surface area contributed by atoms with Crippen LogP contribution in [0.25, 0.3) is 0 Å². The first kappa shape index (κ1) is 20.6. The first-order valence-corrected chi connectivity index (χ1v) is 9.54. The van der Waals surface area contributed by atoms with Gasteiger partial charge in [0.2, 0.25) is 0 Å². The van der Waals surface area contributed by atoms with Crippen molar-refractivity contribution in [3.63, 3.8) is 0 Å². The van der Waals surface area contributed by atoms with Gasteiger partial charge >= 0.3 is 6.09 Å². The zero-order valence-corrected chi connectivity index (χ0v) is 16.8. The van der Waals surface area contributed by atoms with Crippen LogP contribution < -0.4 is 15.4 Å². The Hall–Kier alpha value is -3.09. The zero-order valence-electron chi connectivity index (χ0n) is 16.8. The molecule has 0 fully saturated rings. The SMILES string of the molecule is CC(C)(C)OC(=O)Nc1ccc(F)cc1NC(=O)COc1ccc2c(c1)CCC2. The van der Waals surface area contributed by atoms with Crippen LogP contribution in [0.3, 0.4) is 0 Å². The number of anilines is 2. The number of hydrogen-bond acceptors (Lipinski definition) is 4.